The summed E-state index contributed by atoms with van der Waals surface area (Å²) >= 11 is 0. The predicted molar refractivity (Wildman–Crippen MR) is 66.4 cm³/mol. The van der Waals surface area contributed by atoms with Crippen LogP contribution in [0.15, 0.2) is 36.8 Å². The summed E-state index contributed by atoms with van der Waals surface area (Å²) in [5.74, 6) is -0.455. The fourth-order valence-electron chi connectivity index (χ4n) is 0.737. The van der Waals surface area contributed by atoms with Crippen molar-refractivity contribution in [2.45, 2.75) is 13.8 Å². The average Bonchev–Trinajstić information content (AvgIpc) is 2.25. The lowest BCUT2D eigenvalue weighted by Crippen LogP contribution is -2.25. The lowest BCUT2D eigenvalue weighted by Gasteiger charge is -2.18. The zero-order chi connectivity index (χ0) is 12.3. The van der Waals surface area contributed by atoms with Gasteiger partial charge in [0, 0.05) is 25.8 Å². The molecule has 0 aromatic carbocycles. The van der Waals surface area contributed by atoms with Crippen molar-refractivity contribution < 1.29 is 4.39 Å². The first-order valence-electron chi connectivity index (χ1n) is 5.15. The van der Waals surface area contributed by atoms with E-state index in [0.29, 0.717) is 0 Å². The number of nitrogens with zero attached hydrogens (tertiary/aromatic N) is 1. The van der Waals surface area contributed by atoms with Gasteiger partial charge in [0.05, 0.1) is 0 Å². The van der Waals surface area contributed by atoms with Gasteiger partial charge >= 0.3 is 0 Å². The topological polar surface area (TPSA) is 15.3 Å². The Bertz CT molecular complexity index is 210. The van der Waals surface area contributed by atoms with Crippen LogP contribution in [-0.2, 0) is 0 Å². The SMILES string of the molecule is C=C(F)/C=C\C(=C)N(C)CCNC.CC. The molecule has 0 radical (unpaired) electrons. The van der Waals surface area contributed by atoms with Crippen LogP contribution in [0.4, 0.5) is 4.39 Å². The van der Waals surface area contributed by atoms with Crippen LogP contribution in [0.25, 0.3) is 0 Å². The van der Waals surface area contributed by atoms with Crippen LogP contribution in [0.1, 0.15) is 13.8 Å². The summed E-state index contributed by atoms with van der Waals surface area (Å²) in [4.78, 5) is 1.94. The van der Waals surface area contributed by atoms with Crippen molar-refractivity contribution in [3.63, 3.8) is 0 Å². The molecule has 0 amide bonds. The lowest BCUT2D eigenvalue weighted by molar-refractivity contribution is 0.429. The molecule has 0 heterocycles. The van der Waals surface area contributed by atoms with Crippen LogP contribution in [0.5, 0.6) is 0 Å². The van der Waals surface area contributed by atoms with E-state index in [1.807, 2.05) is 32.8 Å². The van der Waals surface area contributed by atoms with Crippen LogP contribution in [-0.4, -0.2) is 32.1 Å². The normalized spacial score (nSPS) is 9.40. The van der Waals surface area contributed by atoms with Crippen molar-refractivity contribution >= 4 is 0 Å². The smallest absolute Gasteiger partial charge is 0.116 e. The van der Waals surface area contributed by atoms with E-state index in [4.69, 9.17) is 0 Å². The Morgan fingerprint density at radius 3 is 2.27 bits per heavy atom. The highest BCUT2D eigenvalue weighted by Crippen LogP contribution is 2.02. The second kappa shape index (κ2) is 11.0. The molecule has 0 aliphatic heterocycles. The van der Waals surface area contributed by atoms with E-state index in [-0.39, 0.29) is 0 Å². The van der Waals surface area contributed by atoms with Crippen LogP contribution in [0.3, 0.4) is 0 Å². The van der Waals surface area contributed by atoms with Crippen molar-refractivity contribution in [3.05, 3.63) is 36.8 Å². The van der Waals surface area contributed by atoms with Crippen LogP contribution in [0, 0.1) is 0 Å². The average molecular weight is 214 g/mol. The molecule has 0 aliphatic rings. The molecule has 0 aliphatic carbocycles. The van der Waals surface area contributed by atoms with Crippen molar-refractivity contribution in [2.24, 2.45) is 0 Å². The van der Waals surface area contributed by atoms with E-state index in [1.165, 1.54) is 6.08 Å². The molecule has 0 bridgehead atoms. The molecule has 0 aromatic rings. The largest absolute Gasteiger partial charge is 0.374 e. The quantitative estimate of drug-likeness (QED) is 0.684. The third-order valence-corrected chi connectivity index (χ3v) is 1.64. The lowest BCUT2D eigenvalue weighted by atomic mass is 10.3. The Kier molecular flexibility index (Phi) is 12.0. The maximum absolute atomic E-state index is 12.2. The van der Waals surface area contributed by atoms with Crippen molar-refractivity contribution in [1.82, 2.24) is 10.2 Å². The van der Waals surface area contributed by atoms with Gasteiger partial charge in [0.25, 0.3) is 0 Å². The summed E-state index contributed by atoms with van der Waals surface area (Å²) in [6.45, 7) is 12.6. The van der Waals surface area contributed by atoms with Gasteiger partial charge in [-0.2, -0.15) is 0 Å². The summed E-state index contributed by atoms with van der Waals surface area (Å²) in [5.41, 5.74) is 0.772. The van der Waals surface area contributed by atoms with E-state index in [0.717, 1.165) is 18.8 Å². The van der Waals surface area contributed by atoms with Crippen molar-refractivity contribution in [3.8, 4) is 0 Å². The number of hydrogen-bond donors (Lipinski definition) is 1. The number of likely N-dealkylation sites (N-methyl/N-ethyl adjacent to an activating group) is 2. The Morgan fingerprint density at radius 1 is 1.33 bits per heavy atom. The van der Waals surface area contributed by atoms with E-state index >= 15 is 0 Å². The zero-order valence-corrected chi connectivity index (χ0v) is 10.3. The summed E-state index contributed by atoms with van der Waals surface area (Å²) in [6, 6.07) is 0. The molecule has 0 fully saturated rings. The molecule has 0 aromatic heterocycles. The van der Waals surface area contributed by atoms with Gasteiger partial charge in [-0.05, 0) is 19.2 Å². The van der Waals surface area contributed by atoms with Gasteiger partial charge < -0.3 is 10.2 Å². The highest BCUT2D eigenvalue weighted by atomic mass is 19.1. The van der Waals surface area contributed by atoms with E-state index in [1.54, 1.807) is 6.08 Å². The van der Waals surface area contributed by atoms with Gasteiger partial charge in [0.15, 0.2) is 0 Å². The Labute approximate surface area is 93.2 Å². The molecule has 0 atom stereocenters. The summed E-state index contributed by atoms with van der Waals surface area (Å²) in [5, 5.41) is 3.02. The molecule has 2 nitrogen and oxygen atoms in total. The number of rotatable bonds is 6. The van der Waals surface area contributed by atoms with Crippen LogP contribution < -0.4 is 5.32 Å². The van der Waals surface area contributed by atoms with Gasteiger partial charge in [-0.1, -0.05) is 27.0 Å². The van der Waals surface area contributed by atoms with E-state index < -0.39 is 5.83 Å². The number of halogens is 1. The van der Waals surface area contributed by atoms with E-state index in [2.05, 4.69) is 18.5 Å². The van der Waals surface area contributed by atoms with Gasteiger partial charge in [0.2, 0.25) is 0 Å². The Balaban J connectivity index is 0. The molecule has 88 valence electrons. The monoisotopic (exact) mass is 214 g/mol. The zero-order valence-electron chi connectivity index (χ0n) is 10.3. The summed E-state index contributed by atoms with van der Waals surface area (Å²) < 4.78 is 12.2. The first-order valence-corrected chi connectivity index (χ1v) is 5.15. The van der Waals surface area contributed by atoms with Gasteiger partial charge in [0.1, 0.15) is 5.83 Å². The second-order valence-corrected chi connectivity index (χ2v) is 2.80. The maximum Gasteiger partial charge on any atom is 0.116 e. The minimum absolute atomic E-state index is 0.455. The van der Waals surface area contributed by atoms with Crippen molar-refractivity contribution in [1.29, 1.82) is 0 Å². The molecular formula is C12H23FN2. The predicted octanol–water partition coefficient (Wildman–Crippen LogP) is 2.72. The number of hydrogen-bond acceptors (Lipinski definition) is 2. The maximum atomic E-state index is 12.2. The Morgan fingerprint density at radius 2 is 1.87 bits per heavy atom. The molecule has 3 heteroatoms. The molecule has 0 rings (SSSR count). The second-order valence-electron chi connectivity index (χ2n) is 2.80. The molecular weight excluding hydrogens is 191 g/mol. The molecule has 0 unspecified atom stereocenters. The van der Waals surface area contributed by atoms with Gasteiger partial charge in [-0.25, -0.2) is 4.39 Å². The molecule has 15 heavy (non-hydrogen) atoms. The first-order chi connectivity index (χ1) is 7.07. The fraction of sp³-hybridized carbons (Fsp3) is 0.500. The minimum Gasteiger partial charge on any atom is -0.374 e. The highest BCUT2D eigenvalue weighted by molar-refractivity contribution is 5.19. The van der Waals surface area contributed by atoms with Gasteiger partial charge in [-0.15, -0.1) is 0 Å². The first kappa shape index (κ1) is 16.3. The highest BCUT2D eigenvalue weighted by Gasteiger charge is 1.96. The molecule has 1 N–H and O–H groups in total. The fourth-order valence-corrected chi connectivity index (χ4v) is 0.737. The molecule has 0 spiro atoms. The summed E-state index contributed by atoms with van der Waals surface area (Å²) in [7, 11) is 3.79. The Hall–Kier alpha value is -1.09. The molecule has 0 saturated heterocycles. The van der Waals surface area contributed by atoms with Crippen molar-refractivity contribution in [2.75, 3.05) is 27.2 Å². The summed E-state index contributed by atoms with van der Waals surface area (Å²) in [6.07, 6.45) is 2.91. The van der Waals surface area contributed by atoms with E-state index in [9.17, 15) is 4.39 Å². The third kappa shape index (κ3) is 10.8. The minimum atomic E-state index is -0.455. The number of nitrogens with one attached hydrogen (secondary N) is 1. The standard InChI is InChI=1S/C10H17FN2.C2H6/c1-9(11)5-6-10(2)13(4)8-7-12-3;1-2/h5-6,12H,1-2,7-8H2,3-4H3;1-2H3/b6-5-;. The number of allylic oxidation sites excluding steroid dienone is 3. The third-order valence-electron chi connectivity index (χ3n) is 1.64. The molecule has 0 saturated carbocycles. The van der Waals surface area contributed by atoms with Gasteiger partial charge in [-0.3, -0.25) is 0 Å². The van der Waals surface area contributed by atoms with Crippen LogP contribution in [0.2, 0.25) is 0 Å². The van der Waals surface area contributed by atoms with Crippen LogP contribution >= 0.6 is 0 Å².